The first-order chi connectivity index (χ1) is 10.8. The standard InChI is InChI=1S/C14H12BrN3O4S/c15-9-1-3-10(4-2-9)17-13(19)14(20)18-11-5-7-12(8-6-11)23(16,21)22/h1-8H,(H,17,19)(H,18,20)(H2,16,21,22). The average molecular weight is 398 g/mol. The lowest BCUT2D eigenvalue weighted by atomic mass is 10.3. The summed E-state index contributed by atoms with van der Waals surface area (Å²) < 4.78 is 23.1. The molecule has 0 aliphatic rings. The minimum absolute atomic E-state index is 0.0881. The summed E-state index contributed by atoms with van der Waals surface area (Å²) in [5.74, 6) is -1.72. The van der Waals surface area contributed by atoms with E-state index >= 15 is 0 Å². The fraction of sp³-hybridized carbons (Fsp3) is 0. The van der Waals surface area contributed by atoms with Crippen molar-refractivity contribution in [3.63, 3.8) is 0 Å². The topological polar surface area (TPSA) is 118 Å². The van der Waals surface area contributed by atoms with E-state index in [1.54, 1.807) is 24.3 Å². The molecule has 0 unspecified atom stereocenters. The molecule has 0 atom stereocenters. The van der Waals surface area contributed by atoms with Crippen LogP contribution in [-0.2, 0) is 19.6 Å². The second kappa shape index (κ2) is 6.90. The van der Waals surface area contributed by atoms with Gasteiger partial charge >= 0.3 is 11.8 Å². The molecule has 0 aliphatic carbocycles. The van der Waals surface area contributed by atoms with Gasteiger partial charge in [0, 0.05) is 15.8 Å². The van der Waals surface area contributed by atoms with Crippen LogP contribution in [-0.4, -0.2) is 20.2 Å². The van der Waals surface area contributed by atoms with Crippen LogP contribution in [0.1, 0.15) is 0 Å². The fourth-order valence-corrected chi connectivity index (χ4v) is 2.42. The maximum absolute atomic E-state index is 11.8. The molecule has 0 aromatic heterocycles. The molecule has 0 aliphatic heterocycles. The van der Waals surface area contributed by atoms with Crippen LogP contribution in [0.15, 0.2) is 57.9 Å². The number of primary sulfonamides is 1. The minimum Gasteiger partial charge on any atom is -0.318 e. The van der Waals surface area contributed by atoms with E-state index in [1.807, 2.05) is 0 Å². The summed E-state index contributed by atoms with van der Waals surface area (Å²) in [6.45, 7) is 0. The van der Waals surface area contributed by atoms with Gasteiger partial charge in [0.15, 0.2) is 0 Å². The lowest BCUT2D eigenvalue weighted by Gasteiger charge is -2.07. The van der Waals surface area contributed by atoms with Gasteiger partial charge in [-0.05, 0) is 48.5 Å². The zero-order chi connectivity index (χ0) is 17.0. The summed E-state index contributed by atoms with van der Waals surface area (Å²) >= 11 is 3.26. The van der Waals surface area contributed by atoms with Gasteiger partial charge in [0.2, 0.25) is 10.0 Å². The van der Waals surface area contributed by atoms with Crippen molar-refractivity contribution >= 4 is 49.1 Å². The number of anilines is 2. The fourth-order valence-electron chi connectivity index (χ4n) is 1.64. The van der Waals surface area contributed by atoms with Crippen LogP contribution >= 0.6 is 15.9 Å². The summed E-state index contributed by atoms with van der Waals surface area (Å²) in [6, 6.07) is 11.9. The van der Waals surface area contributed by atoms with Crippen molar-refractivity contribution in [3.8, 4) is 0 Å². The number of amides is 2. The van der Waals surface area contributed by atoms with E-state index < -0.39 is 21.8 Å². The first-order valence-electron chi connectivity index (χ1n) is 6.26. The van der Waals surface area contributed by atoms with Gasteiger partial charge in [-0.3, -0.25) is 9.59 Å². The predicted molar refractivity (Wildman–Crippen MR) is 89.2 cm³/mol. The Balaban J connectivity index is 2.01. The van der Waals surface area contributed by atoms with Crippen molar-refractivity contribution in [1.82, 2.24) is 0 Å². The Morgan fingerprint density at radius 3 is 1.61 bits per heavy atom. The average Bonchev–Trinajstić information content (AvgIpc) is 2.49. The number of carbonyl (C=O) groups excluding carboxylic acids is 2. The van der Waals surface area contributed by atoms with E-state index in [0.29, 0.717) is 5.69 Å². The SMILES string of the molecule is NS(=O)(=O)c1ccc(NC(=O)C(=O)Nc2ccc(Br)cc2)cc1. The minimum atomic E-state index is -3.80. The van der Waals surface area contributed by atoms with Gasteiger partial charge in [0.1, 0.15) is 0 Å². The van der Waals surface area contributed by atoms with Gasteiger partial charge < -0.3 is 10.6 Å². The highest BCUT2D eigenvalue weighted by Crippen LogP contribution is 2.15. The molecule has 0 saturated heterocycles. The summed E-state index contributed by atoms with van der Waals surface area (Å²) in [6.07, 6.45) is 0. The van der Waals surface area contributed by atoms with Crippen LogP contribution in [0.2, 0.25) is 0 Å². The first kappa shape index (κ1) is 17.1. The van der Waals surface area contributed by atoms with E-state index in [4.69, 9.17) is 5.14 Å². The van der Waals surface area contributed by atoms with Crippen LogP contribution in [0.5, 0.6) is 0 Å². The smallest absolute Gasteiger partial charge is 0.314 e. The molecule has 0 spiro atoms. The zero-order valence-corrected chi connectivity index (χ0v) is 14.0. The van der Waals surface area contributed by atoms with Crippen LogP contribution in [0.3, 0.4) is 0 Å². The Kier molecular flexibility index (Phi) is 5.14. The molecule has 0 fully saturated rings. The Labute approximate surface area is 141 Å². The summed E-state index contributed by atoms with van der Waals surface area (Å²) in [5, 5.41) is 9.76. The number of benzene rings is 2. The van der Waals surface area contributed by atoms with Crippen molar-refractivity contribution in [2.45, 2.75) is 4.90 Å². The molecular formula is C14H12BrN3O4S. The first-order valence-corrected chi connectivity index (χ1v) is 8.60. The van der Waals surface area contributed by atoms with Gasteiger partial charge in [0.05, 0.1) is 4.90 Å². The Morgan fingerprint density at radius 2 is 1.22 bits per heavy atom. The number of nitrogens with one attached hydrogen (secondary N) is 2. The van der Waals surface area contributed by atoms with E-state index in [1.165, 1.54) is 24.3 Å². The van der Waals surface area contributed by atoms with E-state index in [0.717, 1.165) is 4.47 Å². The summed E-state index contributed by atoms with van der Waals surface area (Å²) in [7, 11) is -3.80. The molecule has 23 heavy (non-hydrogen) atoms. The molecular weight excluding hydrogens is 386 g/mol. The van der Waals surface area contributed by atoms with Crippen LogP contribution in [0.4, 0.5) is 11.4 Å². The normalized spacial score (nSPS) is 10.9. The Hall–Kier alpha value is -2.23. The van der Waals surface area contributed by atoms with Gasteiger partial charge in [0.25, 0.3) is 0 Å². The molecule has 2 amide bonds. The number of rotatable bonds is 3. The molecule has 0 radical (unpaired) electrons. The number of hydrogen-bond donors (Lipinski definition) is 3. The molecule has 120 valence electrons. The third-order valence-electron chi connectivity index (χ3n) is 2.75. The maximum Gasteiger partial charge on any atom is 0.314 e. The van der Waals surface area contributed by atoms with Crippen molar-refractivity contribution < 1.29 is 18.0 Å². The summed E-state index contributed by atoms with van der Waals surface area (Å²) in [5.41, 5.74) is 0.742. The number of sulfonamides is 1. The molecule has 7 nitrogen and oxygen atoms in total. The van der Waals surface area contributed by atoms with Gasteiger partial charge in [-0.25, -0.2) is 13.6 Å². The molecule has 4 N–H and O–H groups in total. The highest BCUT2D eigenvalue weighted by atomic mass is 79.9. The van der Waals surface area contributed by atoms with Crippen LogP contribution in [0.25, 0.3) is 0 Å². The number of halogens is 1. The van der Waals surface area contributed by atoms with Gasteiger partial charge in [-0.15, -0.1) is 0 Å². The number of hydrogen-bond acceptors (Lipinski definition) is 4. The van der Waals surface area contributed by atoms with Gasteiger partial charge in [-0.2, -0.15) is 0 Å². The largest absolute Gasteiger partial charge is 0.318 e. The number of nitrogens with two attached hydrogens (primary N) is 1. The second-order valence-electron chi connectivity index (χ2n) is 4.48. The van der Waals surface area contributed by atoms with Crippen molar-refractivity contribution in [2.75, 3.05) is 10.6 Å². The van der Waals surface area contributed by atoms with E-state index in [2.05, 4.69) is 26.6 Å². The maximum atomic E-state index is 11.8. The molecule has 9 heteroatoms. The highest BCUT2D eigenvalue weighted by molar-refractivity contribution is 9.10. The molecule has 0 saturated carbocycles. The Morgan fingerprint density at radius 1 is 0.826 bits per heavy atom. The van der Waals surface area contributed by atoms with E-state index in [9.17, 15) is 18.0 Å². The van der Waals surface area contributed by atoms with Crippen molar-refractivity contribution in [2.24, 2.45) is 5.14 Å². The highest BCUT2D eigenvalue weighted by Gasteiger charge is 2.14. The Bertz CT molecular complexity index is 833. The lowest BCUT2D eigenvalue weighted by molar-refractivity contribution is -0.132. The van der Waals surface area contributed by atoms with Crippen molar-refractivity contribution in [1.29, 1.82) is 0 Å². The molecule has 0 bridgehead atoms. The zero-order valence-electron chi connectivity index (χ0n) is 11.6. The predicted octanol–water partition coefficient (Wildman–Crippen LogP) is 1.67. The monoisotopic (exact) mass is 397 g/mol. The molecule has 2 rings (SSSR count). The van der Waals surface area contributed by atoms with Gasteiger partial charge in [-0.1, -0.05) is 15.9 Å². The van der Waals surface area contributed by atoms with Crippen LogP contribution in [0, 0.1) is 0 Å². The second-order valence-corrected chi connectivity index (χ2v) is 6.96. The third-order valence-corrected chi connectivity index (χ3v) is 4.21. The third kappa shape index (κ3) is 4.88. The summed E-state index contributed by atoms with van der Waals surface area (Å²) in [4.78, 5) is 23.5. The number of carbonyl (C=O) groups is 2. The lowest BCUT2D eigenvalue weighted by Crippen LogP contribution is -2.29. The van der Waals surface area contributed by atoms with E-state index in [-0.39, 0.29) is 10.6 Å². The quantitative estimate of drug-likeness (QED) is 0.682. The molecule has 0 heterocycles. The molecule has 2 aromatic rings. The molecule has 2 aromatic carbocycles. The van der Waals surface area contributed by atoms with Crippen molar-refractivity contribution in [3.05, 3.63) is 53.0 Å². The van der Waals surface area contributed by atoms with Crippen LogP contribution < -0.4 is 15.8 Å².